The quantitative estimate of drug-likeness (QED) is 0.744. The average molecular weight is 342 g/mol. The summed E-state index contributed by atoms with van der Waals surface area (Å²) in [5, 5.41) is 7.94. The summed E-state index contributed by atoms with van der Waals surface area (Å²) in [6.45, 7) is 10.2. The van der Waals surface area contributed by atoms with Crippen molar-refractivity contribution in [1.82, 2.24) is 14.8 Å². The molecule has 1 N–H and O–H groups in total. The van der Waals surface area contributed by atoms with Crippen LogP contribution in [0.1, 0.15) is 61.4 Å². The Kier molecular flexibility index (Phi) is 4.41. The zero-order valence-corrected chi connectivity index (χ0v) is 15.4. The zero-order valence-electron chi connectivity index (χ0n) is 14.6. The Bertz CT molecular complexity index is 892. The van der Waals surface area contributed by atoms with Crippen LogP contribution in [0.25, 0.3) is 10.2 Å². The van der Waals surface area contributed by atoms with Crippen molar-refractivity contribution < 1.29 is 4.79 Å². The number of amides is 1. The number of carbonyl (C=O) groups excluding carboxylic acids is 1. The first-order valence-electron chi connectivity index (χ1n) is 8.13. The molecule has 0 saturated heterocycles. The highest BCUT2D eigenvalue weighted by Gasteiger charge is 2.18. The van der Waals surface area contributed by atoms with E-state index in [9.17, 15) is 4.79 Å². The minimum Gasteiger partial charge on any atom is -0.296 e. The normalized spacial score (nSPS) is 11.6. The summed E-state index contributed by atoms with van der Waals surface area (Å²) in [5.74, 6) is 0.221. The van der Waals surface area contributed by atoms with Crippen LogP contribution in [0.5, 0.6) is 0 Å². The summed E-state index contributed by atoms with van der Waals surface area (Å²) in [5.41, 5.74) is 3.57. The maximum absolute atomic E-state index is 12.6. The molecule has 2 heterocycles. The van der Waals surface area contributed by atoms with E-state index in [1.807, 2.05) is 39.0 Å². The second kappa shape index (κ2) is 6.36. The fourth-order valence-electron chi connectivity index (χ4n) is 2.73. The van der Waals surface area contributed by atoms with E-state index < -0.39 is 0 Å². The van der Waals surface area contributed by atoms with Crippen LogP contribution in [-0.4, -0.2) is 20.7 Å². The van der Waals surface area contributed by atoms with Crippen molar-refractivity contribution in [2.75, 3.05) is 5.32 Å². The van der Waals surface area contributed by atoms with Crippen LogP contribution >= 0.6 is 11.3 Å². The number of nitrogens with zero attached hydrogens (tertiary/aromatic N) is 3. The van der Waals surface area contributed by atoms with Gasteiger partial charge in [-0.05, 0) is 44.4 Å². The number of para-hydroxylation sites is 1. The summed E-state index contributed by atoms with van der Waals surface area (Å²) >= 11 is 1.50. The van der Waals surface area contributed by atoms with E-state index in [1.165, 1.54) is 16.9 Å². The molecule has 0 spiro atoms. The largest absolute Gasteiger partial charge is 0.296 e. The van der Waals surface area contributed by atoms with Gasteiger partial charge in [-0.25, -0.2) is 4.98 Å². The third-order valence-corrected chi connectivity index (χ3v) is 4.81. The van der Waals surface area contributed by atoms with Crippen molar-refractivity contribution in [1.29, 1.82) is 0 Å². The van der Waals surface area contributed by atoms with Crippen molar-refractivity contribution in [3.63, 3.8) is 0 Å². The standard InChI is InChI=1S/C18H22N4OS/c1-10(2)13-7-6-8-15-16(13)19-18(24-15)20-17(23)14-9-12(5)21-22(14)11(3)4/h6-11H,1-5H3,(H,19,20,23). The van der Waals surface area contributed by atoms with Gasteiger partial charge in [0.25, 0.3) is 5.91 Å². The Morgan fingerprint density at radius 1 is 1.25 bits per heavy atom. The summed E-state index contributed by atoms with van der Waals surface area (Å²) in [7, 11) is 0. The van der Waals surface area contributed by atoms with Crippen LogP contribution < -0.4 is 5.32 Å². The third kappa shape index (κ3) is 3.06. The van der Waals surface area contributed by atoms with Gasteiger partial charge >= 0.3 is 0 Å². The summed E-state index contributed by atoms with van der Waals surface area (Å²) in [6, 6.07) is 8.11. The number of rotatable bonds is 4. The van der Waals surface area contributed by atoms with Gasteiger partial charge in [0, 0.05) is 6.04 Å². The highest BCUT2D eigenvalue weighted by molar-refractivity contribution is 7.22. The number of hydrogen-bond donors (Lipinski definition) is 1. The smallest absolute Gasteiger partial charge is 0.275 e. The van der Waals surface area contributed by atoms with Gasteiger partial charge in [-0.1, -0.05) is 37.3 Å². The molecule has 5 nitrogen and oxygen atoms in total. The molecule has 0 aliphatic rings. The van der Waals surface area contributed by atoms with Gasteiger partial charge in [-0.2, -0.15) is 5.10 Å². The second-order valence-electron chi connectivity index (χ2n) is 6.53. The lowest BCUT2D eigenvalue weighted by molar-refractivity contribution is 0.101. The number of anilines is 1. The number of benzene rings is 1. The summed E-state index contributed by atoms with van der Waals surface area (Å²) in [6.07, 6.45) is 0. The molecule has 2 aromatic heterocycles. The van der Waals surface area contributed by atoms with E-state index in [0.717, 1.165) is 15.9 Å². The van der Waals surface area contributed by atoms with Crippen LogP contribution in [0.3, 0.4) is 0 Å². The van der Waals surface area contributed by atoms with Gasteiger partial charge in [0.05, 0.1) is 15.9 Å². The van der Waals surface area contributed by atoms with Crippen LogP contribution in [0, 0.1) is 6.92 Å². The first kappa shape index (κ1) is 16.6. The Morgan fingerprint density at radius 2 is 2.00 bits per heavy atom. The predicted octanol–water partition coefficient (Wildman–Crippen LogP) is 4.76. The van der Waals surface area contributed by atoms with Crippen LogP contribution in [0.15, 0.2) is 24.3 Å². The van der Waals surface area contributed by atoms with Crippen LogP contribution in [0.4, 0.5) is 5.13 Å². The first-order chi connectivity index (χ1) is 11.4. The molecule has 0 aliphatic carbocycles. The average Bonchev–Trinajstić information content (AvgIpc) is 3.09. The monoisotopic (exact) mass is 342 g/mol. The molecule has 0 unspecified atom stereocenters. The molecule has 0 radical (unpaired) electrons. The molecule has 3 aromatic rings. The summed E-state index contributed by atoms with van der Waals surface area (Å²) < 4.78 is 2.84. The van der Waals surface area contributed by atoms with Gasteiger partial charge in [0.15, 0.2) is 5.13 Å². The van der Waals surface area contributed by atoms with Gasteiger partial charge in [-0.3, -0.25) is 14.8 Å². The topological polar surface area (TPSA) is 59.8 Å². The minimum absolute atomic E-state index is 0.127. The van der Waals surface area contributed by atoms with Gasteiger partial charge in [0.1, 0.15) is 5.69 Å². The summed E-state index contributed by atoms with van der Waals surface area (Å²) in [4.78, 5) is 17.3. The maximum atomic E-state index is 12.6. The lowest BCUT2D eigenvalue weighted by Crippen LogP contribution is -2.18. The lowest BCUT2D eigenvalue weighted by atomic mass is 10.0. The van der Waals surface area contributed by atoms with Gasteiger partial charge < -0.3 is 0 Å². The highest BCUT2D eigenvalue weighted by Crippen LogP contribution is 2.31. The van der Waals surface area contributed by atoms with E-state index >= 15 is 0 Å². The van der Waals surface area contributed by atoms with Gasteiger partial charge in [-0.15, -0.1) is 0 Å². The second-order valence-corrected chi connectivity index (χ2v) is 7.56. The van der Waals surface area contributed by atoms with E-state index in [1.54, 1.807) is 4.68 Å². The molecule has 0 aliphatic heterocycles. The fraction of sp³-hybridized carbons (Fsp3) is 0.389. The molecule has 6 heteroatoms. The number of fused-ring (bicyclic) bond motifs is 1. The molecular formula is C18H22N4OS. The molecule has 24 heavy (non-hydrogen) atoms. The van der Waals surface area contributed by atoms with Crippen molar-refractivity contribution in [3.8, 4) is 0 Å². The van der Waals surface area contributed by atoms with E-state index in [4.69, 9.17) is 0 Å². The fourth-order valence-corrected chi connectivity index (χ4v) is 3.63. The van der Waals surface area contributed by atoms with Crippen molar-refractivity contribution >= 4 is 32.6 Å². The Balaban J connectivity index is 1.93. The minimum atomic E-state index is -0.172. The number of aryl methyl sites for hydroxylation is 1. The van der Waals surface area contributed by atoms with Crippen molar-refractivity contribution in [3.05, 3.63) is 41.2 Å². The van der Waals surface area contributed by atoms with Crippen LogP contribution in [0.2, 0.25) is 0 Å². The highest BCUT2D eigenvalue weighted by atomic mass is 32.1. The lowest BCUT2D eigenvalue weighted by Gasteiger charge is -2.09. The molecular weight excluding hydrogens is 320 g/mol. The molecule has 0 saturated carbocycles. The Morgan fingerprint density at radius 3 is 2.67 bits per heavy atom. The number of aromatic nitrogens is 3. The number of hydrogen-bond acceptors (Lipinski definition) is 4. The third-order valence-electron chi connectivity index (χ3n) is 3.87. The number of nitrogens with one attached hydrogen (secondary N) is 1. The Hall–Kier alpha value is -2.21. The SMILES string of the molecule is Cc1cc(C(=O)Nc2nc3c(C(C)C)cccc3s2)n(C(C)C)n1. The molecule has 3 rings (SSSR count). The number of thiazole rings is 1. The Labute approximate surface area is 145 Å². The molecule has 0 fully saturated rings. The van der Waals surface area contributed by atoms with Crippen LogP contribution in [-0.2, 0) is 0 Å². The van der Waals surface area contributed by atoms with Crippen molar-refractivity contribution in [2.24, 2.45) is 0 Å². The van der Waals surface area contributed by atoms with Gasteiger partial charge in [0.2, 0.25) is 0 Å². The molecule has 0 bridgehead atoms. The first-order valence-corrected chi connectivity index (χ1v) is 8.95. The molecule has 126 valence electrons. The molecule has 1 amide bonds. The van der Waals surface area contributed by atoms with E-state index in [-0.39, 0.29) is 11.9 Å². The molecule has 1 aromatic carbocycles. The molecule has 0 atom stereocenters. The maximum Gasteiger partial charge on any atom is 0.275 e. The van der Waals surface area contributed by atoms with E-state index in [0.29, 0.717) is 16.7 Å². The van der Waals surface area contributed by atoms with Crippen molar-refractivity contribution in [2.45, 2.75) is 46.6 Å². The zero-order chi connectivity index (χ0) is 17.4. The number of carbonyl (C=O) groups is 1. The predicted molar refractivity (Wildman–Crippen MR) is 99.0 cm³/mol. The van der Waals surface area contributed by atoms with E-state index in [2.05, 4.69) is 35.3 Å².